The van der Waals surface area contributed by atoms with Gasteiger partial charge in [-0.25, -0.2) is 4.98 Å². The van der Waals surface area contributed by atoms with E-state index in [0.29, 0.717) is 38.5 Å². The number of nitriles is 1. The van der Waals surface area contributed by atoms with Crippen molar-refractivity contribution in [1.82, 2.24) is 9.88 Å². The predicted octanol–water partition coefficient (Wildman–Crippen LogP) is 1.74. The van der Waals surface area contributed by atoms with Crippen molar-refractivity contribution in [3.05, 3.63) is 59.4 Å². The molecule has 1 fully saturated rings. The van der Waals surface area contributed by atoms with Crippen LogP contribution in [0.1, 0.15) is 16.8 Å². The summed E-state index contributed by atoms with van der Waals surface area (Å²) in [5.74, 6) is 0.0200. The molecule has 0 saturated carbocycles. The lowest BCUT2D eigenvalue weighted by atomic mass is 9.99. The minimum absolute atomic E-state index is 0.0200. The molecular formula is C20H20N4O2. The van der Waals surface area contributed by atoms with Gasteiger partial charge in [0.05, 0.1) is 18.8 Å². The summed E-state index contributed by atoms with van der Waals surface area (Å²) in [4.78, 5) is 21.0. The van der Waals surface area contributed by atoms with Crippen LogP contribution in [0, 0.1) is 11.3 Å². The van der Waals surface area contributed by atoms with Crippen LogP contribution < -0.4 is 4.90 Å². The molecule has 2 aromatic rings. The van der Waals surface area contributed by atoms with Crippen molar-refractivity contribution in [2.75, 3.05) is 31.1 Å². The quantitative estimate of drug-likeness (QED) is 0.827. The SMILES string of the molecule is N#Cc1ncccc1N1CCOC(C(=O)N2CCc3ccccc3C2)C1. The number of carbonyl (C=O) groups excluding carboxylic acids is 1. The summed E-state index contributed by atoms with van der Waals surface area (Å²) < 4.78 is 5.77. The van der Waals surface area contributed by atoms with Crippen molar-refractivity contribution >= 4 is 11.6 Å². The van der Waals surface area contributed by atoms with Crippen molar-refractivity contribution in [3.63, 3.8) is 0 Å². The summed E-state index contributed by atoms with van der Waals surface area (Å²) in [6.07, 6.45) is 1.97. The van der Waals surface area contributed by atoms with E-state index in [4.69, 9.17) is 4.74 Å². The third kappa shape index (κ3) is 3.14. The molecule has 0 bridgehead atoms. The van der Waals surface area contributed by atoms with E-state index in [1.807, 2.05) is 34.1 Å². The summed E-state index contributed by atoms with van der Waals surface area (Å²) in [6, 6.07) is 14.1. The first kappa shape index (κ1) is 16.6. The molecule has 1 saturated heterocycles. The van der Waals surface area contributed by atoms with Crippen LogP contribution in [0.3, 0.4) is 0 Å². The second kappa shape index (κ2) is 7.14. The normalized spacial score (nSPS) is 19.6. The Labute approximate surface area is 152 Å². The van der Waals surface area contributed by atoms with Gasteiger partial charge in [0, 0.05) is 25.8 Å². The Morgan fingerprint density at radius 1 is 1.19 bits per heavy atom. The average molecular weight is 348 g/mol. The lowest BCUT2D eigenvalue weighted by Crippen LogP contribution is -2.52. The minimum atomic E-state index is -0.513. The van der Waals surface area contributed by atoms with Gasteiger partial charge in [-0.3, -0.25) is 4.79 Å². The molecule has 0 spiro atoms. The number of amides is 1. The van der Waals surface area contributed by atoms with Gasteiger partial charge in [0.2, 0.25) is 0 Å². The largest absolute Gasteiger partial charge is 0.365 e. The van der Waals surface area contributed by atoms with Gasteiger partial charge in [-0.2, -0.15) is 5.26 Å². The van der Waals surface area contributed by atoms with E-state index in [-0.39, 0.29) is 5.91 Å². The number of benzene rings is 1. The molecule has 132 valence electrons. The first-order chi connectivity index (χ1) is 12.8. The fourth-order valence-corrected chi connectivity index (χ4v) is 3.64. The van der Waals surface area contributed by atoms with Crippen LogP contribution in [0.25, 0.3) is 0 Å². The zero-order valence-electron chi connectivity index (χ0n) is 14.5. The standard InChI is InChI=1S/C20H20N4O2/c21-12-17-18(6-3-8-22-17)23-10-11-26-19(14-23)20(25)24-9-7-15-4-1-2-5-16(15)13-24/h1-6,8,19H,7,9-11,13-14H2. The van der Waals surface area contributed by atoms with Gasteiger partial charge in [-0.1, -0.05) is 24.3 Å². The van der Waals surface area contributed by atoms with Gasteiger partial charge in [0.25, 0.3) is 5.91 Å². The van der Waals surface area contributed by atoms with Crippen LogP contribution in [-0.4, -0.2) is 48.1 Å². The van der Waals surface area contributed by atoms with Crippen LogP contribution in [0.5, 0.6) is 0 Å². The topological polar surface area (TPSA) is 69.5 Å². The molecule has 1 aromatic carbocycles. The predicted molar refractivity (Wildman–Crippen MR) is 96.5 cm³/mol. The molecule has 1 unspecified atom stereocenters. The van der Waals surface area contributed by atoms with Crippen molar-refractivity contribution in [2.45, 2.75) is 19.1 Å². The first-order valence-corrected chi connectivity index (χ1v) is 8.83. The molecule has 0 aliphatic carbocycles. The number of carbonyl (C=O) groups is 1. The van der Waals surface area contributed by atoms with E-state index in [1.165, 1.54) is 11.1 Å². The lowest BCUT2D eigenvalue weighted by molar-refractivity contribution is -0.145. The third-order valence-electron chi connectivity index (χ3n) is 5.02. The number of aromatic nitrogens is 1. The van der Waals surface area contributed by atoms with Gasteiger partial charge in [-0.05, 0) is 29.7 Å². The van der Waals surface area contributed by atoms with E-state index in [9.17, 15) is 10.1 Å². The number of nitrogens with zero attached hydrogens (tertiary/aromatic N) is 4. The number of pyridine rings is 1. The Kier molecular flexibility index (Phi) is 4.55. The Morgan fingerprint density at radius 2 is 2.04 bits per heavy atom. The maximum atomic E-state index is 13.0. The van der Waals surface area contributed by atoms with Crippen LogP contribution in [0.4, 0.5) is 5.69 Å². The zero-order valence-corrected chi connectivity index (χ0v) is 14.5. The molecule has 3 heterocycles. The highest BCUT2D eigenvalue weighted by atomic mass is 16.5. The van der Waals surface area contributed by atoms with Gasteiger partial charge in [0.15, 0.2) is 11.8 Å². The maximum Gasteiger partial charge on any atom is 0.253 e. The van der Waals surface area contributed by atoms with Crippen molar-refractivity contribution in [1.29, 1.82) is 5.26 Å². The second-order valence-electron chi connectivity index (χ2n) is 6.57. The lowest BCUT2D eigenvalue weighted by Gasteiger charge is -2.37. The van der Waals surface area contributed by atoms with Gasteiger partial charge in [0.1, 0.15) is 6.07 Å². The summed E-state index contributed by atoms with van der Waals surface area (Å²) in [5, 5.41) is 9.28. The average Bonchev–Trinajstić information content (AvgIpc) is 2.73. The van der Waals surface area contributed by atoms with E-state index in [0.717, 1.165) is 12.1 Å². The Balaban J connectivity index is 1.48. The van der Waals surface area contributed by atoms with Crippen LogP contribution >= 0.6 is 0 Å². The number of ether oxygens (including phenoxy) is 1. The van der Waals surface area contributed by atoms with Gasteiger partial charge in [-0.15, -0.1) is 0 Å². The molecule has 2 aliphatic heterocycles. The van der Waals surface area contributed by atoms with Crippen LogP contribution in [0.15, 0.2) is 42.6 Å². The highest BCUT2D eigenvalue weighted by molar-refractivity contribution is 5.82. The van der Waals surface area contributed by atoms with Crippen molar-refractivity contribution < 1.29 is 9.53 Å². The monoisotopic (exact) mass is 348 g/mol. The highest BCUT2D eigenvalue weighted by Gasteiger charge is 2.32. The second-order valence-corrected chi connectivity index (χ2v) is 6.57. The fourth-order valence-electron chi connectivity index (χ4n) is 3.64. The molecule has 1 amide bonds. The zero-order chi connectivity index (χ0) is 17.9. The van der Waals surface area contributed by atoms with Crippen LogP contribution in [-0.2, 0) is 22.5 Å². The van der Waals surface area contributed by atoms with Gasteiger partial charge >= 0.3 is 0 Å². The van der Waals surface area contributed by atoms with E-state index >= 15 is 0 Å². The van der Waals surface area contributed by atoms with E-state index in [2.05, 4.69) is 23.2 Å². The number of anilines is 1. The molecule has 1 aromatic heterocycles. The Hall–Kier alpha value is -2.91. The third-order valence-corrected chi connectivity index (χ3v) is 5.02. The Morgan fingerprint density at radius 3 is 2.88 bits per heavy atom. The minimum Gasteiger partial charge on any atom is -0.365 e. The number of hydrogen-bond acceptors (Lipinski definition) is 5. The van der Waals surface area contributed by atoms with Crippen molar-refractivity contribution in [3.8, 4) is 6.07 Å². The number of fused-ring (bicyclic) bond motifs is 1. The summed E-state index contributed by atoms with van der Waals surface area (Å²) >= 11 is 0. The highest BCUT2D eigenvalue weighted by Crippen LogP contribution is 2.23. The molecule has 0 radical (unpaired) electrons. The van der Waals surface area contributed by atoms with Gasteiger partial charge < -0.3 is 14.5 Å². The number of morpholine rings is 1. The number of hydrogen-bond donors (Lipinski definition) is 0. The molecule has 26 heavy (non-hydrogen) atoms. The molecule has 6 heteroatoms. The Bertz CT molecular complexity index is 861. The molecular weight excluding hydrogens is 328 g/mol. The number of rotatable bonds is 2. The molecule has 4 rings (SSSR count). The summed E-state index contributed by atoms with van der Waals surface area (Å²) in [5.41, 5.74) is 3.67. The first-order valence-electron chi connectivity index (χ1n) is 8.83. The molecule has 2 aliphatic rings. The molecule has 6 nitrogen and oxygen atoms in total. The summed E-state index contributed by atoms with van der Waals surface area (Å²) in [6.45, 7) is 2.89. The smallest absolute Gasteiger partial charge is 0.253 e. The van der Waals surface area contributed by atoms with Crippen LogP contribution in [0.2, 0.25) is 0 Å². The van der Waals surface area contributed by atoms with Crippen molar-refractivity contribution in [2.24, 2.45) is 0 Å². The van der Waals surface area contributed by atoms with E-state index < -0.39 is 6.10 Å². The summed E-state index contributed by atoms with van der Waals surface area (Å²) in [7, 11) is 0. The van der Waals surface area contributed by atoms with E-state index in [1.54, 1.807) is 6.20 Å². The molecule has 0 N–H and O–H groups in total. The fraction of sp³-hybridized carbons (Fsp3) is 0.350. The molecule has 1 atom stereocenters. The maximum absolute atomic E-state index is 13.0.